The summed E-state index contributed by atoms with van der Waals surface area (Å²) in [5, 5.41) is 12.6. The Morgan fingerprint density at radius 1 is 1.11 bits per heavy atom. The molecule has 19 heavy (non-hydrogen) atoms. The van der Waals surface area contributed by atoms with Crippen molar-refractivity contribution < 1.29 is 5.21 Å². The summed E-state index contributed by atoms with van der Waals surface area (Å²) in [6.07, 6.45) is 0. The number of aromatic amines is 1. The van der Waals surface area contributed by atoms with Crippen molar-refractivity contribution in [1.29, 1.82) is 0 Å². The van der Waals surface area contributed by atoms with Gasteiger partial charge >= 0.3 is 4.87 Å². The van der Waals surface area contributed by atoms with Gasteiger partial charge < -0.3 is 10.2 Å². The van der Waals surface area contributed by atoms with E-state index in [9.17, 15) is 10.0 Å². The van der Waals surface area contributed by atoms with Gasteiger partial charge in [-0.15, -0.1) is 0 Å². The van der Waals surface area contributed by atoms with E-state index in [0.717, 1.165) is 32.7 Å². The maximum atomic E-state index is 11.3. The van der Waals surface area contributed by atoms with Gasteiger partial charge in [0.1, 0.15) is 5.71 Å². The number of nitrogens with one attached hydrogen (secondary N) is 1. The average Bonchev–Trinajstić information content (AvgIpc) is 2.80. The number of benzene rings is 2. The molecular weight excluding hydrogens is 260 g/mol. The van der Waals surface area contributed by atoms with Gasteiger partial charge in [0.25, 0.3) is 0 Å². The molecule has 0 radical (unpaired) electrons. The molecule has 0 spiro atoms. The van der Waals surface area contributed by atoms with E-state index in [4.69, 9.17) is 0 Å². The molecule has 94 valence electrons. The molecule has 0 saturated heterocycles. The van der Waals surface area contributed by atoms with Crippen molar-refractivity contribution in [2.45, 2.75) is 0 Å². The highest BCUT2D eigenvalue weighted by molar-refractivity contribution is 7.16. The van der Waals surface area contributed by atoms with Gasteiger partial charge in [-0.1, -0.05) is 52.9 Å². The van der Waals surface area contributed by atoms with E-state index in [0.29, 0.717) is 5.71 Å². The van der Waals surface area contributed by atoms with Crippen molar-refractivity contribution in [2.24, 2.45) is 5.16 Å². The number of hydrogen-bond donors (Lipinski definition) is 2. The zero-order valence-electron chi connectivity index (χ0n) is 9.83. The fourth-order valence-corrected chi connectivity index (χ4v) is 2.75. The fraction of sp³-hybridized carbons (Fsp3) is 0. The normalized spacial score (nSPS) is 11.9. The Hall–Kier alpha value is -2.40. The number of fused-ring (bicyclic) bond motifs is 1. The van der Waals surface area contributed by atoms with Gasteiger partial charge in [0.05, 0.1) is 10.2 Å². The van der Waals surface area contributed by atoms with Crippen LogP contribution in [0.25, 0.3) is 10.2 Å². The lowest BCUT2D eigenvalue weighted by Crippen LogP contribution is -2.02. The molecule has 0 bridgehead atoms. The van der Waals surface area contributed by atoms with Gasteiger partial charge in [0.2, 0.25) is 0 Å². The summed E-state index contributed by atoms with van der Waals surface area (Å²) in [7, 11) is 0. The van der Waals surface area contributed by atoms with Crippen LogP contribution in [0.1, 0.15) is 11.1 Å². The highest BCUT2D eigenvalue weighted by Gasteiger charge is 2.09. The summed E-state index contributed by atoms with van der Waals surface area (Å²) in [4.78, 5) is 13.9. The second-order valence-electron chi connectivity index (χ2n) is 4.04. The molecule has 1 aromatic heterocycles. The zero-order valence-corrected chi connectivity index (χ0v) is 10.6. The minimum Gasteiger partial charge on any atom is -0.410 e. The van der Waals surface area contributed by atoms with Crippen LogP contribution in [0.3, 0.4) is 0 Å². The Kier molecular flexibility index (Phi) is 2.89. The Morgan fingerprint density at radius 2 is 1.89 bits per heavy atom. The van der Waals surface area contributed by atoms with Crippen LogP contribution in [0.2, 0.25) is 0 Å². The molecule has 0 atom stereocenters. The first-order valence-corrected chi connectivity index (χ1v) is 6.50. The van der Waals surface area contributed by atoms with Crippen LogP contribution in [-0.4, -0.2) is 15.9 Å². The Bertz CT molecular complexity index is 803. The lowest BCUT2D eigenvalue weighted by atomic mass is 10.0. The summed E-state index contributed by atoms with van der Waals surface area (Å²) in [6, 6.07) is 14.9. The van der Waals surface area contributed by atoms with E-state index in [-0.39, 0.29) is 4.87 Å². The second kappa shape index (κ2) is 4.70. The molecule has 0 unspecified atom stereocenters. The summed E-state index contributed by atoms with van der Waals surface area (Å²) in [6.45, 7) is 0. The predicted octanol–water partition coefficient (Wildman–Crippen LogP) is 2.82. The van der Waals surface area contributed by atoms with Crippen molar-refractivity contribution >= 4 is 27.3 Å². The van der Waals surface area contributed by atoms with Gasteiger partial charge in [0, 0.05) is 11.1 Å². The average molecular weight is 270 g/mol. The van der Waals surface area contributed by atoms with Crippen LogP contribution in [-0.2, 0) is 0 Å². The molecule has 0 aliphatic carbocycles. The maximum absolute atomic E-state index is 11.3. The Labute approximate surface area is 112 Å². The summed E-state index contributed by atoms with van der Waals surface area (Å²) < 4.78 is 0.847. The number of oxime groups is 1. The van der Waals surface area contributed by atoms with E-state index in [1.165, 1.54) is 0 Å². The highest BCUT2D eigenvalue weighted by Crippen LogP contribution is 2.19. The van der Waals surface area contributed by atoms with Crippen LogP contribution < -0.4 is 4.87 Å². The Balaban J connectivity index is 2.14. The minimum atomic E-state index is -0.0886. The van der Waals surface area contributed by atoms with Crippen molar-refractivity contribution in [3.05, 3.63) is 69.3 Å². The van der Waals surface area contributed by atoms with Crippen molar-refractivity contribution in [3.63, 3.8) is 0 Å². The molecule has 1 heterocycles. The van der Waals surface area contributed by atoms with Crippen LogP contribution in [0, 0.1) is 0 Å². The molecule has 5 heteroatoms. The number of aromatic nitrogens is 1. The first kappa shape index (κ1) is 11.7. The van der Waals surface area contributed by atoms with Crippen molar-refractivity contribution in [1.82, 2.24) is 4.98 Å². The molecule has 0 fully saturated rings. The van der Waals surface area contributed by atoms with Crippen LogP contribution in [0.4, 0.5) is 0 Å². The summed E-state index contributed by atoms with van der Waals surface area (Å²) >= 11 is 1.14. The molecule has 3 rings (SSSR count). The first-order valence-electron chi connectivity index (χ1n) is 5.68. The van der Waals surface area contributed by atoms with Crippen LogP contribution in [0.5, 0.6) is 0 Å². The lowest BCUT2D eigenvalue weighted by Gasteiger charge is -2.04. The van der Waals surface area contributed by atoms with Crippen LogP contribution in [0.15, 0.2) is 58.5 Å². The lowest BCUT2D eigenvalue weighted by molar-refractivity contribution is 0.319. The number of H-pyrrole nitrogens is 1. The molecule has 3 aromatic rings. The molecule has 2 aromatic carbocycles. The SMILES string of the molecule is O=c1[nH]c2ccc(C(=NO)c3ccccc3)cc2s1. The topological polar surface area (TPSA) is 65.5 Å². The summed E-state index contributed by atoms with van der Waals surface area (Å²) in [5.41, 5.74) is 2.89. The van der Waals surface area contributed by atoms with Gasteiger partial charge in [-0.2, -0.15) is 0 Å². The van der Waals surface area contributed by atoms with E-state index in [1.807, 2.05) is 48.5 Å². The van der Waals surface area contributed by atoms with Crippen LogP contribution >= 0.6 is 11.3 Å². The molecule has 0 aliphatic heterocycles. The molecule has 0 saturated carbocycles. The van der Waals surface area contributed by atoms with Gasteiger partial charge in [-0.3, -0.25) is 4.79 Å². The quantitative estimate of drug-likeness (QED) is 0.427. The number of hydrogen-bond acceptors (Lipinski definition) is 4. The maximum Gasteiger partial charge on any atom is 0.305 e. The third kappa shape index (κ3) is 2.15. The van der Waals surface area contributed by atoms with E-state index >= 15 is 0 Å². The molecule has 2 N–H and O–H groups in total. The monoisotopic (exact) mass is 270 g/mol. The zero-order chi connectivity index (χ0) is 13.2. The molecule has 0 aliphatic rings. The number of nitrogens with zero attached hydrogens (tertiary/aromatic N) is 1. The Morgan fingerprint density at radius 3 is 2.63 bits per heavy atom. The van der Waals surface area contributed by atoms with Gasteiger partial charge in [0.15, 0.2) is 0 Å². The van der Waals surface area contributed by atoms with Gasteiger partial charge in [-0.05, 0) is 12.1 Å². The summed E-state index contributed by atoms with van der Waals surface area (Å²) in [5.74, 6) is 0. The second-order valence-corrected chi connectivity index (χ2v) is 5.05. The largest absolute Gasteiger partial charge is 0.410 e. The fourth-order valence-electron chi connectivity index (χ4n) is 1.97. The van der Waals surface area contributed by atoms with Crippen molar-refractivity contribution in [3.8, 4) is 0 Å². The number of thiazole rings is 1. The minimum absolute atomic E-state index is 0.0886. The van der Waals surface area contributed by atoms with E-state index in [2.05, 4.69) is 10.1 Å². The van der Waals surface area contributed by atoms with E-state index in [1.54, 1.807) is 0 Å². The van der Waals surface area contributed by atoms with Crippen molar-refractivity contribution in [2.75, 3.05) is 0 Å². The smallest absolute Gasteiger partial charge is 0.305 e. The molecule has 0 amide bonds. The third-order valence-corrected chi connectivity index (χ3v) is 3.69. The number of rotatable bonds is 2. The standard InChI is InChI=1S/C14H10N2O2S/c17-14-15-11-7-6-10(8-12(11)19-14)13(16-18)9-4-2-1-3-5-9/h1-8,18H,(H,15,17). The first-order chi connectivity index (χ1) is 9.28. The third-order valence-electron chi connectivity index (χ3n) is 2.84. The highest BCUT2D eigenvalue weighted by atomic mass is 32.1. The van der Waals surface area contributed by atoms with Gasteiger partial charge in [-0.25, -0.2) is 0 Å². The predicted molar refractivity (Wildman–Crippen MR) is 76.3 cm³/mol. The molecule has 4 nitrogen and oxygen atoms in total. The van der Waals surface area contributed by atoms with E-state index < -0.39 is 0 Å². The molecular formula is C14H10N2O2S.